The summed E-state index contributed by atoms with van der Waals surface area (Å²) >= 11 is 3.24. The molecule has 1 aliphatic heterocycles. The van der Waals surface area contributed by atoms with Crippen LogP contribution in [0, 0.1) is 0 Å². The number of rotatable bonds is 3. The van der Waals surface area contributed by atoms with E-state index in [0.717, 1.165) is 31.4 Å². The Morgan fingerprint density at radius 3 is 2.00 bits per heavy atom. The van der Waals surface area contributed by atoms with Crippen molar-refractivity contribution >= 4 is 15.9 Å². The number of aliphatic hydroxyl groups excluding tert-OH is 1. The molecular weight excluding hydrogens is 208 g/mol. The van der Waals surface area contributed by atoms with Crippen LogP contribution in [0.4, 0.5) is 0 Å². The van der Waals surface area contributed by atoms with E-state index in [1.165, 1.54) is 12.8 Å². The topological polar surface area (TPSA) is 29.5 Å². The van der Waals surface area contributed by atoms with E-state index in [1.54, 1.807) is 0 Å². The first-order valence-electron chi connectivity index (χ1n) is 4.16. The fourth-order valence-electron chi connectivity index (χ4n) is 0.717. The quantitative estimate of drug-likeness (QED) is 0.587. The molecule has 1 rings (SSSR count). The Labute approximate surface area is 77.1 Å². The minimum Gasteiger partial charge on any atom is -0.396 e. The molecule has 1 saturated heterocycles. The molecule has 68 valence electrons. The molecule has 0 aromatic carbocycles. The molecule has 0 spiro atoms. The molecule has 2 nitrogen and oxygen atoms in total. The Kier molecular flexibility index (Phi) is 10.8. The molecule has 11 heavy (non-hydrogen) atoms. The third-order valence-corrected chi connectivity index (χ3v) is 1.93. The van der Waals surface area contributed by atoms with Gasteiger partial charge in [0.2, 0.25) is 0 Å². The fraction of sp³-hybridized carbons (Fsp3) is 1.00. The second-order valence-electron chi connectivity index (χ2n) is 2.44. The van der Waals surface area contributed by atoms with Crippen LogP contribution in [0.2, 0.25) is 0 Å². The summed E-state index contributed by atoms with van der Waals surface area (Å²) in [4.78, 5) is 0. The Morgan fingerprint density at radius 1 is 1.18 bits per heavy atom. The molecule has 0 radical (unpaired) electrons. The lowest BCUT2D eigenvalue weighted by atomic mass is 10.4. The molecule has 0 aromatic rings. The van der Waals surface area contributed by atoms with Crippen LogP contribution in [-0.4, -0.2) is 30.3 Å². The van der Waals surface area contributed by atoms with Crippen molar-refractivity contribution in [1.29, 1.82) is 0 Å². The molecule has 0 aromatic heterocycles. The van der Waals surface area contributed by atoms with Crippen LogP contribution in [0.3, 0.4) is 0 Å². The first kappa shape index (κ1) is 11.4. The highest BCUT2D eigenvalue weighted by Gasteiger charge is 1.94. The van der Waals surface area contributed by atoms with Crippen LogP contribution < -0.4 is 0 Å². The Morgan fingerprint density at radius 2 is 1.82 bits per heavy atom. The van der Waals surface area contributed by atoms with E-state index in [2.05, 4.69) is 15.9 Å². The number of hydrogen-bond donors (Lipinski definition) is 1. The summed E-state index contributed by atoms with van der Waals surface area (Å²) in [7, 11) is 0. The van der Waals surface area contributed by atoms with Gasteiger partial charge in [-0.2, -0.15) is 0 Å². The zero-order chi connectivity index (χ0) is 8.36. The van der Waals surface area contributed by atoms with Gasteiger partial charge in [0.1, 0.15) is 0 Å². The van der Waals surface area contributed by atoms with Crippen molar-refractivity contribution in [3.63, 3.8) is 0 Å². The van der Waals surface area contributed by atoms with Crippen molar-refractivity contribution < 1.29 is 9.84 Å². The van der Waals surface area contributed by atoms with Crippen LogP contribution in [0.1, 0.15) is 25.7 Å². The predicted octanol–water partition coefficient (Wildman–Crippen LogP) is 1.95. The minimum absolute atomic E-state index is 0.325. The van der Waals surface area contributed by atoms with E-state index in [9.17, 15) is 0 Å². The Balaban J connectivity index is 0.000000183. The lowest BCUT2D eigenvalue weighted by molar-refractivity contribution is 0.198. The number of ether oxygens (including phenoxy) is 1. The molecule has 1 heterocycles. The van der Waals surface area contributed by atoms with Crippen molar-refractivity contribution in [2.75, 3.05) is 25.2 Å². The highest BCUT2D eigenvalue weighted by atomic mass is 79.9. The monoisotopic (exact) mass is 224 g/mol. The lowest BCUT2D eigenvalue weighted by Crippen LogP contribution is -1.80. The van der Waals surface area contributed by atoms with Gasteiger partial charge in [0, 0.05) is 25.2 Å². The second-order valence-corrected chi connectivity index (χ2v) is 3.23. The van der Waals surface area contributed by atoms with E-state index in [-0.39, 0.29) is 0 Å². The van der Waals surface area contributed by atoms with Crippen LogP contribution in [0.25, 0.3) is 0 Å². The third kappa shape index (κ3) is 10.4. The summed E-state index contributed by atoms with van der Waals surface area (Å²) in [6.45, 7) is 2.33. The summed E-state index contributed by atoms with van der Waals surface area (Å²) in [6.07, 6.45) is 4.56. The first-order chi connectivity index (χ1) is 5.41. The molecule has 1 fully saturated rings. The van der Waals surface area contributed by atoms with Crippen molar-refractivity contribution in [2.45, 2.75) is 25.7 Å². The zero-order valence-electron chi connectivity index (χ0n) is 6.89. The van der Waals surface area contributed by atoms with Crippen molar-refractivity contribution in [2.24, 2.45) is 0 Å². The van der Waals surface area contributed by atoms with E-state index in [1.807, 2.05) is 0 Å². The summed E-state index contributed by atoms with van der Waals surface area (Å²) in [6, 6.07) is 0. The van der Waals surface area contributed by atoms with Gasteiger partial charge in [-0.15, -0.1) is 0 Å². The van der Waals surface area contributed by atoms with E-state index >= 15 is 0 Å². The number of aliphatic hydroxyl groups is 1. The zero-order valence-corrected chi connectivity index (χ0v) is 8.48. The Hall–Kier alpha value is 0.400. The maximum Gasteiger partial charge on any atom is 0.0466 e. The number of hydrogen-bond acceptors (Lipinski definition) is 2. The molecule has 0 amide bonds. The van der Waals surface area contributed by atoms with E-state index < -0.39 is 0 Å². The maximum atomic E-state index is 8.18. The highest BCUT2D eigenvalue weighted by molar-refractivity contribution is 9.09. The number of halogens is 1. The molecule has 0 atom stereocenters. The van der Waals surface area contributed by atoms with Crippen molar-refractivity contribution in [3.05, 3.63) is 0 Å². The standard InChI is InChI=1S/C4H9BrO.C4H8O/c5-3-1-2-4-6;1-2-4-5-3-1/h6H,1-4H2;1-4H2. The number of alkyl halides is 1. The number of unbranched alkanes of at least 4 members (excludes halogenated alkanes) is 1. The van der Waals surface area contributed by atoms with Crippen LogP contribution in [0.15, 0.2) is 0 Å². The molecule has 1 N–H and O–H groups in total. The van der Waals surface area contributed by atoms with Gasteiger partial charge in [0.15, 0.2) is 0 Å². The summed E-state index contributed by atoms with van der Waals surface area (Å²) in [5.41, 5.74) is 0. The van der Waals surface area contributed by atoms with Crippen molar-refractivity contribution in [3.8, 4) is 0 Å². The van der Waals surface area contributed by atoms with Gasteiger partial charge in [-0.05, 0) is 25.7 Å². The fourth-order valence-corrected chi connectivity index (χ4v) is 1.11. The van der Waals surface area contributed by atoms with E-state index in [0.29, 0.717) is 6.61 Å². The molecule has 0 aliphatic carbocycles. The van der Waals surface area contributed by atoms with Gasteiger partial charge in [-0.25, -0.2) is 0 Å². The van der Waals surface area contributed by atoms with Gasteiger partial charge >= 0.3 is 0 Å². The third-order valence-electron chi connectivity index (χ3n) is 1.37. The average molecular weight is 225 g/mol. The molecule has 0 saturated carbocycles. The van der Waals surface area contributed by atoms with Crippen LogP contribution >= 0.6 is 15.9 Å². The van der Waals surface area contributed by atoms with E-state index in [4.69, 9.17) is 9.84 Å². The van der Waals surface area contributed by atoms with Gasteiger partial charge in [-0.3, -0.25) is 0 Å². The smallest absolute Gasteiger partial charge is 0.0466 e. The van der Waals surface area contributed by atoms with Gasteiger partial charge in [0.05, 0.1) is 0 Å². The maximum absolute atomic E-state index is 8.18. The molecule has 3 heteroatoms. The predicted molar refractivity (Wildman–Crippen MR) is 50.2 cm³/mol. The Bertz CT molecular complexity index is 53.5. The van der Waals surface area contributed by atoms with Gasteiger partial charge in [-0.1, -0.05) is 15.9 Å². The minimum atomic E-state index is 0.325. The molecule has 1 aliphatic rings. The summed E-state index contributed by atoms with van der Waals surface area (Å²) < 4.78 is 4.94. The molecule has 0 bridgehead atoms. The largest absolute Gasteiger partial charge is 0.396 e. The second kappa shape index (κ2) is 10.4. The SMILES string of the molecule is C1CCOC1.OCCCCBr. The summed E-state index contributed by atoms with van der Waals surface area (Å²) in [5, 5.41) is 9.18. The average Bonchev–Trinajstić information content (AvgIpc) is 2.57. The van der Waals surface area contributed by atoms with Crippen molar-refractivity contribution in [1.82, 2.24) is 0 Å². The first-order valence-corrected chi connectivity index (χ1v) is 5.28. The van der Waals surface area contributed by atoms with Crippen LogP contribution in [0.5, 0.6) is 0 Å². The summed E-state index contributed by atoms with van der Waals surface area (Å²) in [5.74, 6) is 0. The van der Waals surface area contributed by atoms with Crippen LogP contribution in [-0.2, 0) is 4.74 Å². The molecular formula is C8H17BrO2. The van der Waals surface area contributed by atoms with Gasteiger partial charge < -0.3 is 9.84 Å². The normalized spacial score (nSPS) is 15.8. The van der Waals surface area contributed by atoms with Gasteiger partial charge in [0.25, 0.3) is 0 Å². The molecule has 0 unspecified atom stereocenters. The highest BCUT2D eigenvalue weighted by Crippen LogP contribution is 1.98. The lowest BCUT2D eigenvalue weighted by Gasteiger charge is -1.84.